The van der Waals surface area contributed by atoms with Crippen molar-refractivity contribution in [1.82, 2.24) is 0 Å². The van der Waals surface area contributed by atoms with Gasteiger partial charge >= 0.3 is 6.18 Å². The predicted molar refractivity (Wildman–Crippen MR) is 70.8 cm³/mol. The smallest absolute Gasteiger partial charge is 0.374 e. The van der Waals surface area contributed by atoms with Crippen LogP contribution in [0.15, 0.2) is 24.3 Å². The largest absolute Gasteiger partial charge is 0.416 e. The zero-order valence-corrected chi connectivity index (χ0v) is 11.0. The van der Waals surface area contributed by atoms with Crippen molar-refractivity contribution >= 4 is 7.85 Å². The molecule has 0 radical (unpaired) electrons. The van der Waals surface area contributed by atoms with Gasteiger partial charge in [0.1, 0.15) is 7.85 Å². The highest BCUT2D eigenvalue weighted by Crippen LogP contribution is 2.31. The van der Waals surface area contributed by atoms with E-state index in [0.29, 0.717) is 11.4 Å². The Hall–Kier alpha value is -0.965. The van der Waals surface area contributed by atoms with Crippen LogP contribution in [0.5, 0.6) is 0 Å². The van der Waals surface area contributed by atoms with Crippen molar-refractivity contribution in [2.24, 2.45) is 0 Å². The fourth-order valence-corrected chi connectivity index (χ4v) is 2.58. The highest BCUT2D eigenvalue weighted by molar-refractivity contribution is 6.11. The van der Waals surface area contributed by atoms with Gasteiger partial charge in [-0.25, -0.2) is 0 Å². The number of halogens is 3. The molecule has 0 bridgehead atoms. The second-order valence-corrected chi connectivity index (χ2v) is 5.40. The van der Waals surface area contributed by atoms with Gasteiger partial charge in [0.2, 0.25) is 0 Å². The summed E-state index contributed by atoms with van der Waals surface area (Å²) in [5, 5.41) is 0. The molecule has 1 saturated carbocycles. The maximum Gasteiger partial charge on any atom is 0.416 e. The summed E-state index contributed by atoms with van der Waals surface area (Å²) < 4.78 is 43.5. The van der Waals surface area contributed by atoms with Crippen molar-refractivity contribution in [2.45, 2.75) is 50.4 Å². The maximum atomic E-state index is 12.6. The SMILES string of the molecule is BC1CCCC(OCc2cccc(C(F)(F)F)c2)C1. The van der Waals surface area contributed by atoms with E-state index in [1.54, 1.807) is 6.07 Å². The first-order valence-corrected chi connectivity index (χ1v) is 6.73. The Labute approximate surface area is 112 Å². The van der Waals surface area contributed by atoms with Crippen molar-refractivity contribution < 1.29 is 17.9 Å². The van der Waals surface area contributed by atoms with Crippen molar-refractivity contribution in [1.29, 1.82) is 0 Å². The molecule has 1 aromatic rings. The monoisotopic (exact) mass is 270 g/mol. The summed E-state index contributed by atoms with van der Waals surface area (Å²) >= 11 is 0. The first-order chi connectivity index (χ1) is 8.95. The van der Waals surface area contributed by atoms with E-state index in [9.17, 15) is 13.2 Å². The van der Waals surface area contributed by atoms with Crippen LogP contribution >= 0.6 is 0 Å². The molecule has 0 spiro atoms. The van der Waals surface area contributed by atoms with Crippen LogP contribution in [-0.2, 0) is 17.5 Å². The maximum absolute atomic E-state index is 12.6. The molecule has 5 heteroatoms. The van der Waals surface area contributed by atoms with Crippen molar-refractivity contribution in [3.8, 4) is 0 Å². The Morgan fingerprint density at radius 3 is 2.74 bits per heavy atom. The molecular formula is C14H18BF3O. The van der Waals surface area contributed by atoms with Crippen LogP contribution in [0.25, 0.3) is 0 Å². The number of hydrogen-bond acceptors (Lipinski definition) is 1. The molecule has 2 atom stereocenters. The minimum atomic E-state index is -4.28. The van der Waals surface area contributed by atoms with Gasteiger partial charge in [0.25, 0.3) is 0 Å². The van der Waals surface area contributed by atoms with Gasteiger partial charge in [-0.15, -0.1) is 0 Å². The van der Waals surface area contributed by atoms with Gasteiger partial charge in [0.05, 0.1) is 18.3 Å². The fourth-order valence-electron chi connectivity index (χ4n) is 2.58. The third-order valence-electron chi connectivity index (χ3n) is 3.63. The molecule has 2 rings (SSSR count). The van der Waals surface area contributed by atoms with E-state index in [1.165, 1.54) is 18.6 Å². The first-order valence-electron chi connectivity index (χ1n) is 6.73. The molecule has 2 unspecified atom stereocenters. The Morgan fingerprint density at radius 1 is 1.26 bits per heavy atom. The van der Waals surface area contributed by atoms with Crippen LogP contribution < -0.4 is 0 Å². The molecular weight excluding hydrogens is 252 g/mol. The molecule has 0 saturated heterocycles. The van der Waals surface area contributed by atoms with Crippen LogP contribution in [0.1, 0.15) is 36.8 Å². The third-order valence-corrected chi connectivity index (χ3v) is 3.63. The Morgan fingerprint density at radius 2 is 2.05 bits per heavy atom. The predicted octanol–water partition coefficient (Wildman–Crippen LogP) is 3.59. The Bertz CT molecular complexity index is 419. The van der Waals surface area contributed by atoms with Crippen LogP contribution in [0.2, 0.25) is 5.82 Å². The number of alkyl halides is 3. The molecule has 104 valence electrons. The molecule has 1 fully saturated rings. The average Bonchev–Trinajstić information content (AvgIpc) is 2.36. The minimum absolute atomic E-state index is 0.193. The molecule has 0 heterocycles. The second-order valence-electron chi connectivity index (χ2n) is 5.40. The summed E-state index contributed by atoms with van der Waals surface area (Å²) in [6.45, 7) is 0.265. The van der Waals surface area contributed by atoms with Gasteiger partial charge < -0.3 is 4.74 Å². The zero-order valence-electron chi connectivity index (χ0n) is 11.0. The standard InChI is InChI=1S/C14H18BF3O/c15-12-5-2-6-13(8-12)19-9-10-3-1-4-11(7-10)14(16,17)18/h1,3-4,7,12-13H,2,5-6,8-9,15H2. The lowest BCUT2D eigenvalue weighted by molar-refractivity contribution is -0.137. The number of rotatable bonds is 3. The average molecular weight is 270 g/mol. The van der Waals surface area contributed by atoms with E-state index >= 15 is 0 Å². The fraction of sp³-hybridized carbons (Fsp3) is 0.571. The summed E-state index contributed by atoms with van der Waals surface area (Å²) in [7, 11) is 2.19. The zero-order chi connectivity index (χ0) is 13.9. The van der Waals surface area contributed by atoms with Gasteiger partial charge in [-0.05, 0) is 30.5 Å². The molecule has 19 heavy (non-hydrogen) atoms. The van der Waals surface area contributed by atoms with E-state index in [0.717, 1.165) is 25.3 Å². The quantitative estimate of drug-likeness (QED) is 0.763. The van der Waals surface area contributed by atoms with Crippen LogP contribution in [0.3, 0.4) is 0 Å². The van der Waals surface area contributed by atoms with E-state index < -0.39 is 11.7 Å². The lowest BCUT2D eigenvalue weighted by Crippen LogP contribution is -2.20. The van der Waals surface area contributed by atoms with E-state index in [2.05, 4.69) is 7.85 Å². The molecule has 0 aliphatic heterocycles. The van der Waals surface area contributed by atoms with Crippen LogP contribution in [-0.4, -0.2) is 14.0 Å². The molecule has 0 N–H and O–H groups in total. The summed E-state index contributed by atoms with van der Waals surface area (Å²) in [5.74, 6) is 0.653. The van der Waals surface area contributed by atoms with Gasteiger partial charge in [-0.3, -0.25) is 0 Å². The summed E-state index contributed by atoms with van der Waals surface area (Å²) in [5.41, 5.74) is -0.0151. The minimum Gasteiger partial charge on any atom is -0.374 e. The number of benzene rings is 1. The highest BCUT2D eigenvalue weighted by atomic mass is 19.4. The van der Waals surface area contributed by atoms with E-state index in [-0.39, 0.29) is 12.7 Å². The molecule has 1 aliphatic rings. The summed E-state index contributed by atoms with van der Waals surface area (Å²) in [4.78, 5) is 0. The third kappa shape index (κ3) is 4.27. The first kappa shape index (κ1) is 14.4. The van der Waals surface area contributed by atoms with Crippen molar-refractivity contribution in [3.63, 3.8) is 0 Å². The topological polar surface area (TPSA) is 9.23 Å². The van der Waals surface area contributed by atoms with Gasteiger partial charge in [0, 0.05) is 0 Å². The number of hydrogen-bond donors (Lipinski definition) is 0. The Kier molecular flexibility index (Phi) is 4.56. The van der Waals surface area contributed by atoms with Crippen molar-refractivity contribution in [3.05, 3.63) is 35.4 Å². The number of ether oxygens (including phenoxy) is 1. The molecule has 1 aliphatic carbocycles. The lowest BCUT2D eigenvalue weighted by atomic mass is 9.74. The molecule has 1 nitrogen and oxygen atoms in total. The normalized spacial score (nSPS) is 24.4. The molecule has 0 amide bonds. The highest BCUT2D eigenvalue weighted by Gasteiger charge is 2.30. The van der Waals surface area contributed by atoms with E-state index in [4.69, 9.17) is 4.74 Å². The Balaban J connectivity index is 1.92. The van der Waals surface area contributed by atoms with Gasteiger partial charge in [-0.2, -0.15) is 13.2 Å². The van der Waals surface area contributed by atoms with Gasteiger partial charge in [-0.1, -0.05) is 30.8 Å². The second kappa shape index (κ2) is 5.99. The lowest BCUT2D eigenvalue weighted by Gasteiger charge is -2.27. The summed E-state index contributed by atoms with van der Waals surface area (Å²) in [6, 6.07) is 5.38. The van der Waals surface area contributed by atoms with Gasteiger partial charge in [0.15, 0.2) is 0 Å². The van der Waals surface area contributed by atoms with Crippen LogP contribution in [0.4, 0.5) is 13.2 Å². The summed E-state index contributed by atoms with van der Waals surface area (Å²) in [6.07, 6.45) is 0.313. The van der Waals surface area contributed by atoms with Crippen LogP contribution in [0, 0.1) is 0 Å². The van der Waals surface area contributed by atoms with E-state index in [1.807, 2.05) is 0 Å². The molecule has 0 aromatic heterocycles. The molecule has 1 aromatic carbocycles. The van der Waals surface area contributed by atoms with Crippen molar-refractivity contribution in [2.75, 3.05) is 0 Å².